The molecule has 1 aliphatic carbocycles. The van der Waals surface area contributed by atoms with Crippen LogP contribution in [-0.4, -0.2) is 36.4 Å². The summed E-state index contributed by atoms with van der Waals surface area (Å²) < 4.78 is 5.69. The molecule has 3 rings (SSSR count). The number of aliphatic imine (C=N–C) groups is 1. The molecular formula is C21H34N6O2. The van der Waals surface area contributed by atoms with Crippen LogP contribution in [0.2, 0.25) is 0 Å². The summed E-state index contributed by atoms with van der Waals surface area (Å²) in [6, 6.07) is 4.25. The third-order valence-corrected chi connectivity index (χ3v) is 5.20. The number of hydrazine groups is 2. The summed E-state index contributed by atoms with van der Waals surface area (Å²) in [6.07, 6.45) is 5.76. The molecule has 0 fully saturated rings. The first-order valence-electron chi connectivity index (χ1n) is 10.4. The van der Waals surface area contributed by atoms with Gasteiger partial charge in [-0.2, -0.15) is 5.12 Å². The fourth-order valence-electron chi connectivity index (χ4n) is 4.03. The number of hydrogen-bond acceptors (Lipinski definition) is 5. The van der Waals surface area contributed by atoms with Gasteiger partial charge in [0.05, 0.1) is 11.7 Å². The minimum absolute atomic E-state index is 0.142. The normalized spacial score (nSPS) is 20.0. The second kappa shape index (κ2) is 8.59. The second-order valence-electron chi connectivity index (χ2n) is 8.91. The quantitative estimate of drug-likeness (QED) is 0.304. The first kappa shape index (κ1) is 21.4. The zero-order valence-corrected chi connectivity index (χ0v) is 18.0. The highest BCUT2D eigenvalue weighted by Gasteiger charge is 2.31. The van der Waals surface area contributed by atoms with Crippen LogP contribution in [0.25, 0.3) is 0 Å². The van der Waals surface area contributed by atoms with Crippen molar-refractivity contribution in [2.45, 2.75) is 70.9 Å². The smallest absolute Gasteiger partial charge is 0.414 e. The molecule has 1 amide bonds. The van der Waals surface area contributed by atoms with Crippen molar-refractivity contribution in [2.75, 3.05) is 18.5 Å². The molecule has 0 saturated heterocycles. The van der Waals surface area contributed by atoms with Crippen LogP contribution >= 0.6 is 0 Å². The molecule has 29 heavy (non-hydrogen) atoms. The van der Waals surface area contributed by atoms with E-state index in [9.17, 15) is 4.79 Å². The van der Waals surface area contributed by atoms with E-state index in [2.05, 4.69) is 22.6 Å². The van der Waals surface area contributed by atoms with Gasteiger partial charge in [0, 0.05) is 19.2 Å². The van der Waals surface area contributed by atoms with Gasteiger partial charge in [0.1, 0.15) is 5.60 Å². The van der Waals surface area contributed by atoms with Gasteiger partial charge in [0.2, 0.25) is 5.96 Å². The molecule has 8 heteroatoms. The molecule has 0 bridgehead atoms. The number of nitrogens with one attached hydrogen (secondary N) is 1. The number of carbonyl (C=O) groups is 1. The van der Waals surface area contributed by atoms with E-state index < -0.39 is 5.60 Å². The highest BCUT2D eigenvalue weighted by molar-refractivity contribution is 5.90. The van der Waals surface area contributed by atoms with Gasteiger partial charge in [-0.1, -0.05) is 6.07 Å². The Morgan fingerprint density at radius 3 is 2.52 bits per heavy atom. The second-order valence-corrected chi connectivity index (χ2v) is 8.91. The summed E-state index contributed by atoms with van der Waals surface area (Å²) in [4.78, 5) is 19.4. The Balaban J connectivity index is 2.03. The molecule has 1 aliphatic heterocycles. The number of carbonyl (C=O) groups excluding carboxylic acids is 1. The van der Waals surface area contributed by atoms with Gasteiger partial charge in [-0.15, -0.1) is 0 Å². The molecule has 0 aromatic heterocycles. The molecule has 1 aromatic carbocycles. The first-order chi connectivity index (χ1) is 13.6. The molecule has 5 N–H and O–H groups in total. The fourth-order valence-corrected chi connectivity index (χ4v) is 4.03. The average molecular weight is 403 g/mol. The maximum Gasteiger partial charge on any atom is 0.414 e. The number of nitrogens with zero attached hydrogens (tertiary/aromatic N) is 3. The Hall–Kier alpha value is -2.32. The van der Waals surface area contributed by atoms with E-state index in [1.54, 1.807) is 11.9 Å². The van der Waals surface area contributed by atoms with Gasteiger partial charge in [-0.3, -0.25) is 16.2 Å². The van der Waals surface area contributed by atoms with Crippen LogP contribution in [-0.2, 0) is 17.6 Å². The first-order valence-corrected chi connectivity index (χ1v) is 10.4. The number of ether oxygens (including phenoxy) is 1. The predicted octanol–water partition coefficient (Wildman–Crippen LogP) is 2.77. The fraction of sp³-hybridized carbons (Fsp3) is 0.619. The summed E-state index contributed by atoms with van der Waals surface area (Å²) in [7, 11) is 1.66. The lowest BCUT2D eigenvalue weighted by Gasteiger charge is -2.29. The van der Waals surface area contributed by atoms with E-state index in [4.69, 9.17) is 16.3 Å². The number of guanidine groups is 1. The van der Waals surface area contributed by atoms with Gasteiger partial charge in [0.15, 0.2) is 0 Å². The van der Waals surface area contributed by atoms with Gasteiger partial charge in [-0.05, 0) is 76.5 Å². The van der Waals surface area contributed by atoms with Crippen molar-refractivity contribution in [3.05, 3.63) is 28.8 Å². The number of fused-ring (bicyclic) bond motifs is 2. The SMILES string of the molecule is CN(N)NC(N)=NC1CCCN(C(=O)OC(C)(C)C)c2cc3c(cc21)CCCC3. The molecule has 0 radical (unpaired) electrons. The van der Waals surface area contributed by atoms with Crippen LogP contribution in [0.1, 0.15) is 69.2 Å². The van der Waals surface area contributed by atoms with Crippen LogP contribution in [0.4, 0.5) is 10.5 Å². The molecule has 0 spiro atoms. The Labute approximate surface area is 173 Å². The lowest BCUT2D eigenvalue weighted by Crippen LogP contribution is -2.47. The molecule has 1 atom stereocenters. The predicted molar refractivity (Wildman–Crippen MR) is 115 cm³/mol. The van der Waals surface area contributed by atoms with Crippen LogP contribution in [0, 0.1) is 0 Å². The van der Waals surface area contributed by atoms with Crippen LogP contribution < -0.4 is 21.9 Å². The van der Waals surface area contributed by atoms with Crippen molar-refractivity contribution in [1.29, 1.82) is 0 Å². The van der Waals surface area contributed by atoms with E-state index in [0.29, 0.717) is 6.54 Å². The van der Waals surface area contributed by atoms with Crippen LogP contribution in [0.3, 0.4) is 0 Å². The summed E-state index contributed by atoms with van der Waals surface area (Å²) in [5.41, 5.74) is 12.9. The largest absolute Gasteiger partial charge is 0.443 e. The monoisotopic (exact) mass is 402 g/mol. The number of amides is 1. The highest BCUT2D eigenvalue weighted by atomic mass is 16.6. The van der Waals surface area contributed by atoms with E-state index in [1.165, 1.54) is 29.1 Å². The Kier molecular flexibility index (Phi) is 6.33. The molecule has 1 heterocycles. The topological polar surface area (TPSA) is 109 Å². The van der Waals surface area contributed by atoms with E-state index >= 15 is 0 Å². The van der Waals surface area contributed by atoms with Crippen molar-refractivity contribution < 1.29 is 9.53 Å². The molecular weight excluding hydrogens is 368 g/mol. The van der Waals surface area contributed by atoms with Gasteiger partial charge < -0.3 is 10.5 Å². The third kappa shape index (κ3) is 5.39. The average Bonchev–Trinajstić information content (AvgIpc) is 2.77. The van der Waals surface area contributed by atoms with Crippen LogP contribution in [0.15, 0.2) is 17.1 Å². The van der Waals surface area contributed by atoms with Gasteiger partial charge in [-0.25, -0.2) is 9.79 Å². The number of anilines is 1. The Morgan fingerprint density at radius 1 is 1.24 bits per heavy atom. The van der Waals surface area contributed by atoms with Gasteiger partial charge in [0.25, 0.3) is 0 Å². The standard InChI is InChI=1S/C21H34N6O2/c1-21(2,3)29-20(28)27-11-7-10-17(24-19(22)25-26(4)23)16-12-14-8-5-6-9-15(14)13-18(16)27/h12-13,17H,5-11,23H2,1-4H3,(H3,22,24,25). The molecule has 2 aliphatic rings. The van der Waals surface area contributed by atoms with Crippen LogP contribution in [0.5, 0.6) is 0 Å². The van der Waals surface area contributed by atoms with Crippen molar-refractivity contribution in [3.8, 4) is 0 Å². The number of rotatable bonds is 2. The maximum atomic E-state index is 13.0. The summed E-state index contributed by atoms with van der Waals surface area (Å²) in [5.74, 6) is 5.89. The zero-order valence-electron chi connectivity index (χ0n) is 18.0. The molecule has 1 unspecified atom stereocenters. The van der Waals surface area contributed by atoms with Crippen molar-refractivity contribution in [3.63, 3.8) is 0 Å². The zero-order chi connectivity index (χ0) is 21.2. The van der Waals surface area contributed by atoms with E-state index in [1.807, 2.05) is 20.8 Å². The van der Waals surface area contributed by atoms with Crippen molar-refractivity contribution in [2.24, 2.45) is 16.6 Å². The highest BCUT2D eigenvalue weighted by Crippen LogP contribution is 2.39. The van der Waals surface area contributed by atoms with E-state index in [-0.39, 0.29) is 18.1 Å². The third-order valence-electron chi connectivity index (χ3n) is 5.20. The molecule has 8 nitrogen and oxygen atoms in total. The summed E-state index contributed by atoms with van der Waals surface area (Å²) in [5, 5.41) is 1.27. The Bertz CT molecular complexity index is 784. The number of benzene rings is 1. The molecule has 1 aromatic rings. The van der Waals surface area contributed by atoms with E-state index in [0.717, 1.165) is 36.9 Å². The minimum atomic E-state index is -0.546. The number of aryl methyl sites for hydroxylation is 2. The van der Waals surface area contributed by atoms with Gasteiger partial charge >= 0.3 is 6.09 Å². The number of hydrogen-bond donors (Lipinski definition) is 3. The molecule has 160 valence electrons. The summed E-state index contributed by atoms with van der Waals surface area (Å²) in [6.45, 7) is 6.26. The minimum Gasteiger partial charge on any atom is -0.443 e. The molecule has 0 saturated carbocycles. The Morgan fingerprint density at radius 2 is 1.90 bits per heavy atom. The summed E-state index contributed by atoms with van der Waals surface area (Å²) >= 11 is 0. The lowest BCUT2D eigenvalue weighted by atomic mass is 9.87. The maximum absolute atomic E-state index is 13.0. The lowest BCUT2D eigenvalue weighted by molar-refractivity contribution is 0.0580. The van der Waals surface area contributed by atoms with Crippen molar-refractivity contribution >= 4 is 17.7 Å². The number of nitrogens with two attached hydrogens (primary N) is 2. The van der Waals surface area contributed by atoms with Crippen molar-refractivity contribution in [1.82, 2.24) is 10.5 Å².